The maximum Gasteiger partial charge on any atom is 0.300 e. The lowest BCUT2D eigenvalue weighted by Crippen LogP contribution is -2.34. The number of carbonyl (C=O) groups excluding carboxylic acids is 1. The van der Waals surface area contributed by atoms with E-state index >= 15 is 0 Å². The summed E-state index contributed by atoms with van der Waals surface area (Å²) in [5.74, 6) is -0.476. The van der Waals surface area contributed by atoms with Crippen LogP contribution in [0.5, 0.6) is 0 Å². The van der Waals surface area contributed by atoms with E-state index in [4.69, 9.17) is 11.6 Å². The van der Waals surface area contributed by atoms with Crippen LogP contribution in [-0.2, 0) is 7.05 Å². The molecule has 1 aromatic carbocycles. The number of carbonyl (C=O) groups is 1. The average molecular weight is 266 g/mol. The van der Waals surface area contributed by atoms with Crippen LogP contribution >= 0.6 is 11.6 Å². The Kier molecular flexibility index (Phi) is 3.25. The van der Waals surface area contributed by atoms with Gasteiger partial charge in [0.1, 0.15) is 0 Å². The topological polar surface area (TPSA) is 61.0 Å². The van der Waals surface area contributed by atoms with Crippen LogP contribution in [0.15, 0.2) is 30.6 Å². The number of nitrogens with one attached hydrogen (secondary N) is 1. The highest BCUT2D eigenvalue weighted by molar-refractivity contribution is 6.33. The van der Waals surface area contributed by atoms with E-state index in [1.54, 1.807) is 42.8 Å². The molecule has 0 aliphatic rings. The third-order valence-corrected chi connectivity index (χ3v) is 3.04. The molecule has 1 amide bonds. The number of rotatable bonds is 2. The second-order valence-electron chi connectivity index (χ2n) is 3.92. The standard InChI is InChI=1S/C12H12ClN3O2/c1-8-11(16(18)7-15(8)2)12(17)14-10-6-4-3-5-9(10)13/h3-7H,1-2H3,(H,14,17). The van der Waals surface area contributed by atoms with Gasteiger partial charge in [0.25, 0.3) is 5.91 Å². The molecule has 18 heavy (non-hydrogen) atoms. The van der Waals surface area contributed by atoms with E-state index in [9.17, 15) is 10.0 Å². The quantitative estimate of drug-likeness (QED) is 0.666. The van der Waals surface area contributed by atoms with Crippen LogP contribution in [0.4, 0.5) is 5.69 Å². The van der Waals surface area contributed by atoms with Gasteiger partial charge in [-0.2, -0.15) is 0 Å². The summed E-state index contributed by atoms with van der Waals surface area (Å²) >= 11 is 5.94. The van der Waals surface area contributed by atoms with Crippen LogP contribution < -0.4 is 10.0 Å². The number of benzene rings is 1. The molecule has 0 atom stereocenters. The van der Waals surface area contributed by atoms with Crippen LogP contribution in [0, 0.1) is 12.1 Å². The minimum Gasteiger partial charge on any atom is -0.710 e. The first kappa shape index (κ1) is 12.4. The Balaban J connectivity index is 2.31. The van der Waals surface area contributed by atoms with Crippen molar-refractivity contribution in [3.05, 3.63) is 52.2 Å². The third kappa shape index (κ3) is 2.17. The van der Waals surface area contributed by atoms with E-state index in [0.29, 0.717) is 21.1 Å². The van der Waals surface area contributed by atoms with Crippen molar-refractivity contribution in [2.24, 2.45) is 7.05 Å². The van der Waals surface area contributed by atoms with Crippen molar-refractivity contribution in [3.8, 4) is 0 Å². The number of nitrogens with zero attached hydrogens (tertiary/aromatic N) is 2. The molecule has 2 rings (SSSR count). The summed E-state index contributed by atoms with van der Waals surface area (Å²) in [5.41, 5.74) is 1.14. The van der Waals surface area contributed by atoms with Crippen molar-refractivity contribution in [2.75, 3.05) is 5.32 Å². The fraction of sp³-hybridized carbons (Fsp3) is 0.167. The number of imidazole rings is 1. The highest BCUT2D eigenvalue weighted by Gasteiger charge is 2.22. The van der Waals surface area contributed by atoms with Crippen molar-refractivity contribution in [1.29, 1.82) is 0 Å². The number of amides is 1. The van der Waals surface area contributed by atoms with Crippen molar-refractivity contribution < 1.29 is 9.52 Å². The van der Waals surface area contributed by atoms with E-state index in [2.05, 4.69) is 5.32 Å². The number of hydrogen-bond acceptors (Lipinski definition) is 2. The minimum atomic E-state index is -0.476. The smallest absolute Gasteiger partial charge is 0.300 e. The summed E-state index contributed by atoms with van der Waals surface area (Å²) in [5, 5.41) is 14.6. The first-order chi connectivity index (χ1) is 8.50. The Morgan fingerprint density at radius 1 is 1.44 bits per heavy atom. The highest BCUT2D eigenvalue weighted by atomic mass is 35.5. The summed E-state index contributed by atoms with van der Waals surface area (Å²) in [4.78, 5) is 12.0. The Bertz CT molecular complexity index is 607. The summed E-state index contributed by atoms with van der Waals surface area (Å²) in [7, 11) is 1.70. The molecular formula is C12H12ClN3O2. The largest absolute Gasteiger partial charge is 0.710 e. The van der Waals surface area contributed by atoms with E-state index in [1.807, 2.05) is 0 Å². The molecule has 0 unspecified atom stereocenters. The summed E-state index contributed by atoms with van der Waals surface area (Å²) in [6, 6.07) is 6.86. The Morgan fingerprint density at radius 2 is 2.11 bits per heavy atom. The molecule has 0 saturated heterocycles. The van der Waals surface area contributed by atoms with E-state index in [1.165, 1.54) is 6.33 Å². The Labute approximate surface area is 109 Å². The van der Waals surface area contributed by atoms with Gasteiger partial charge in [0.2, 0.25) is 12.0 Å². The Morgan fingerprint density at radius 3 is 2.67 bits per heavy atom. The van der Waals surface area contributed by atoms with Gasteiger partial charge in [-0.25, -0.2) is 9.30 Å². The number of aryl methyl sites for hydroxylation is 1. The molecule has 0 aliphatic carbocycles. The second-order valence-corrected chi connectivity index (χ2v) is 4.33. The molecule has 5 nitrogen and oxygen atoms in total. The minimum absolute atomic E-state index is 0.0671. The highest BCUT2D eigenvalue weighted by Crippen LogP contribution is 2.21. The zero-order valence-corrected chi connectivity index (χ0v) is 10.7. The summed E-state index contributed by atoms with van der Waals surface area (Å²) in [6.45, 7) is 1.70. The lowest BCUT2D eigenvalue weighted by Gasteiger charge is -2.07. The number of anilines is 1. The van der Waals surface area contributed by atoms with Gasteiger partial charge in [-0.05, 0) is 12.1 Å². The molecule has 0 bridgehead atoms. The SMILES string of the molecule is Cc1c(C(=O)Nc2ccccc2Cl)[n+]([O-])cn1C. The third-order valence-electron chi connectivity index (χ3n) is 2.71. The maximum absolute atomic E-state index is 12.0. The number of aromatic nitrogens is 2. The molecule has 1 heterocycles. The average Bonchev–Trinajstić information content (AvgIpc) is 2.56. The van der Waals surface area contributed by atoms with Crippen LogP contribution in [0.1, 0.15) is 16.2 Å². The van der Waals surface area contributed by atoms with Gasteiger partial charge in [0.05, 0.1) is 17.8 Å². The molecule has 2 aromatic rings. The first-order valence-corrected chi connectivity index (χ1v) is 5.69. The lowest BCUT2D eigenvalue weighted by atomic mass is 10.3. The molecule has 0 spiro atoms. The van der Waals surface area contributed by atoms with E-state index in [-0.39, 0.29) is 5.69 Å². The fourth-order valence-corrected chi connectivity index (χ4v) is 1.82. The molecule has 1 N–H and O–H groups in total. The van der Waals surface area contributed by atoms with Crippen LogP contribution in [-0.4, -0.2) is 10.5 Å². The summed E-state index contributed by atoms with van der Waals surface area (Å²) in [6.07, 6.45) is 1.30. The molecule has 0 fully saturated rings. The molecule has 0 aliphatic heterocycles. The van der Waals surface area contributed by atoms with Crippen LogP contribution in [0.25, 0.3) is 0 Å². The monoisotopic (exact) mass is 265 g/mol. The second kappa shape index (κ2) is 4.70. The van der Waals surface area contributed by atoms with Gasteiger partial charge in [-0.15, -0.1) is 0 Å². The lowest BCUT2D eigenvalue weighted by molar-refractivity contribution is -0.607. The molecule has 0 saturated carbocycles. The van der Waals surface area contributed by atoms with Gasteiger partial charge < -0.3 is 10.5 Å². The summed E-state index contributed by atoms with van der Waals surface area (Å²) < 4.78 is 2.13. The van der Waals surface area contributed by atoms with Gasteiger partial charge in [0.15, 0.2) is 5.69 Å². The maximum atomic E-state index is 12.0. The fourth-order valence-electron chi connectivity index (χ4n) is 1.64. The van der Waals surface area contributed by atoms with Gasteiger partial charge in [-0.3, -0.25) is 4.79 Å². The van der Waals surface area contributed by atoms with Crippen molar-refractivity contribution in [1.82, 2.24) is 4.57 Å². The van der Waals surface area contributed by atoms with E-state index < -0.39 is 5.91 Å². The molecule has 0 radical (unpaired) electrons. The Hall–Kier alpha value is -2.01. The molecule has 94 valence electrons. The zero-order valence-electron chi connectivity index (χ0n) is 9.98. The van der Waals surface area contributed by atoms with Crippen LogP contribution in [0.3, 0.4) is 0 Å². The predicted molar refractivity (Wildman–Crippen MR) is 68.5 cm³/mol. The predicted octanol–water partition coefficient (Wildman–Crippen LogP) is 1.87. The van der Waals surface area contributed by atoms with Gasteiger partial charge >= 0.3 is 0 Å². The molecular weight excluding hydrogens is 254 g/mol. The number of para-hydroxylation sites is 1. The van der Waals surface area contributed by atoms with Crippen LogP contribution in [0.2, 0.25) is 5.02 Å². The normalized spacial score (nSPS) is 10.4. The van der Waals surface area contributed by atoms with Crippen molar-refractivity contribution in [2.45, 2.75) is 6.92 Å². The van der Waals surface area contributed by atoms with Crippen molar-refractivity contribution in [3.63, 3.8) is 0 Å². The molecule has 6 heteroatoms. The zero-order chi connectivity index (χ0) is 13.3. The first-order valence-electron chi connectivity index (χ1n) is 5.31. The van der Waals surface area contributed by atoms with E-state index in [0.717, 1.165) is 0 Å². The van der Waals surface area contributed by atoms with Gasteiger partial charge in [0, 0.05) is 6.92 Å². The number of halogens is 1. The van der Waals surface area contributed by atoms with Gasteiger partial charge in [-0.1, -0.05) is 23.7 Å². The number of hydrogen-bond donors (Lipinski definition) is 1. The van der Waals surface area contributed by atoms with Crippen molar-refractivity contribution >= 4 is 23.2 Å². The molecule has 1 aromatic heterocycles.